The third-order valence-corrected chi connectivity index (χ3v) is 3.69. The first-order valence-electron chi connectivity index (χ1n) is 6.13. The van der Waals surface area contributed by atoms with Gasteiger partial charge in [0.15, 0.2) is 5.13 Å². The smallest absolute Gasteiger partial charge is 0.185 e. The predicted molar refractivity (Wildman–Crippen MR) is 73.8 cm³/mol. The van der Waals surface area contributed by atoms with Crippen molar-refractivity contribution in [2.24, 2.45) is 0 Å². The van der Waals surface area contributed by atoms with Crippen LogP contribution in [-0.4, -0.2) is 32.2 Å². The molecule has 1 N–H and O–H groups in total. The van der Waals surface area contributed by atoms with Crippen molar-refractivity contribution in [3.63, 3.8) is 0 Å². The summed E-state index contributed by atoms with van der Waals surface area (Å²) in [4.78, 5) is 8.29. The Labute approximate surface area is 108 Å². The van der Waals surface area contributed by atoms with Gasteiger partial charge in [-0.2, -0.15) is 0 Å². The number of hydrogen-bond acceptors (Lipinski definition) is 5. The van der Waals surface area contributed by atoms with Crippen LogP contribution < -0.4 is 10.2 Å². The minimum Gasteiger partial charge on any atom is -0.378 e. The van der Waals surface area contributed by atoms with Crippen molar-refractivity contribution in [2.75, 3.05) is 32.1 Å². The summed E-state index contributed by atoms with van der Waals surface area (Å²) in [6.07, 6.45) is 1.15. The number of hydrogen-bond donors (Lipinski definition) is 1. The molecule has 17 heavy (non-hydrogen) atoms. The third kappa shape index (κ3) is 3.94. The monoisotopic (exact) mass is 257 g/mol. The molecule has 0 radical (unpaired) electrons. The van der Waals surface area contributed by atoms with E-state index < -0.39 is 0 Å². The lowest BCUT2D eigenvalue weighted by molar-refractivity contribution is 0.181. The number of thiazole rings is 1. The summed E-state index contributed by atoms with van der Waals surface area (Å²) in [5.41, 5.74) is 1.07. The Balaban J connectivity index is 2.88. The molecule has 0 unspecified atom stereocenters. The van der Waals surface area contributed by atoms with Crippen LogP contribution in [0.1, 0.15) is 30.8 Å². The number of ether oxygens (including phenoxy) is 1. The highest BCUT2D eigenvalue weighted by Gasteiger charge is 2.14. The molecule has 0 saturated heterocycles. The van der Waals surface area contributed by atoms with Crippen molar-refractivity contribution in [2.45, 2.75) is 33.4 Å². The standard InChI is InChI=1S/C12H23N3OS/c1-5-7-15(6-2)12-14-10(9-16-4)11(17-12)8-13-3/h13H,5-9H2,1-4H3. The van der Waals surface area contributed by atoms with Gasteiger partial charge in [-0.15, -0.1) is 11.3 Å². The van der Waals surface area contributed by atoms with Crippen LogP contribution in [0, 0.1) is 0 Å². The van der Waals surface area contributed by atoms with E-state index in [1.54, 1.807) is 18.4 Å². The van der Waals surface area contributed by atoms with E-state index in [1.165, 1.54) is 4.88 Å². The molecular formula is C12H23N3OS. The first kappa shape index (κ1) is 14.4. The van der Waals surface area contributed by atoms with Gasteiger partial charge in [0.2, 0.25) is 0 Å². The van der Waals surface area contributed by atoms with Crippen molar-refractivity contribution in [1.82, 2.24) is 10.3 Å². The molecule has 5 heteroatoms. The second-order valence-corrected chi connectivity index (χ2v) is 4.97. The topological polar surface area (TPSA) is 37.4 Å². The van der Waals surface area contributed by atoms with Gasteiger partial charge < -0.3 is 15.0 Å². The number of aromatic nitrogens is 1. The molecule has 0 fully saturated rings. The van der Waals surface area contributed by atoms with Crippen molar-refractivity contribution in [3.8, 4) is 0 Å². The van der Waals surface area contributed by atoms with Crippen LogP contribution in [0.25, 0.3) is 0 Å². The highest BCUT2D eigenvalue weighted by atomic mass is 32.1. The van der Waals surface area contributed by atoms with Gasteiger partial charge >= 0.3 is 0 Å². The minimum absolute atomic E-state index is 0.594. The van der Waals surface area contributed by atoms with Gasteiger partial charge in [-0.1, -0.05) is 6.92 Å². The van der Waals surface area contributed by atoms with E-state index in [-0.39, 0.29) is 0 Å². The van der Waals surface area contributed by atoms with E-state index in [1.807, 2.05) is 7.05 Å². The summed E-state index contributed by atoms with van der Waals surface area (Å²) in [7, 11) is 3.67. The van der Waals surface area contributed by atoms with Gasteiger partial charge in [0, 0.05) is 31.6 Å². The number of nitrogens with zero attached hydrogens (tertiary/aromatic N) is 2. The molecule has 0 aliphatic heterocycles. The van der Waals surface area contributed by atoms with Crippen molar-refractivity contribution < 1.29 is 4.74 Å². The maximum Gasteiger partial charge on any atom is 0.185 e. The predicted octanol–water partition coefficient (Wildman–Crippen LogP) is 2.25. The zero-order valence-corrected chi connectivity index (χ0v) is 12.1. The number of rotatable bonds is 8. The Bertz CT molecular complexity index is 304. The fraction of sp³-hybridized carbons (Fsp3) is 0.750. The van der Waals surface area contributed by atoms with Crippen LogP contribution in [0.5, 0.6) is 0 Å². The average Bonchev–Trinajstić information content (AvgIpc) is 2.70. The van der Waals surface area contributed by atoms with Gasteiger partial charge in [0.05, 0.1) is 12.3 Å². The Kier molecular flexibility index (Phi) is 6.47. The molecule has 1 aromatic heterocycles. The summed E-state index contributed by atoms with van der Waals surface area (Å²) in [5, 5.41) is 4.30. The van der Waals surface area contributed by atoms with Gasteiger partial charge in [-0.05, 0) is 20.4 Å². The average molecular weight is 257 g/mol. The minimum atomic E-state index is 0.594. The summed E-state index contributed by atoms with van der Waals surface area (Å²) in [6.45, 7) is 7.89. The zero-order valence-electron chi connectivity index (χ0n) is 11.2. The van der Waals surface area contributed by atoms with E-state index in [2.05, 4.69) is 29.0 Å². The molecule has 0 saturated carbocycles. The van der Waals surface area contributed by atoms with Crippen molar-refractivity contribution in [3.05, 3.63) is 10.6 Å². The number of anilines is 1. The maximum atomic E-state index is 5.20. The molecule has 4 nitrogen and oxygen atoms in total. The van der Waals surface area contributed by atoms with Crippen LogP contribution in [0.3, 0.4) is 0 Å². The Morgan fingerprint density at radius 3 is 2.71 bits per heavy atom. The summed E-state index contributed by atoms with van der Waals surface area (Å²) in [5.74, 6) is 0. The molecule has 0 aliphatic rings. The molecule has 1 aromatic rings. The molecular weight excluding hydrogens is 234 g/mol. The lowest BCUT2D eigenvalue weighted by Crippen LogP contribution is -2.23. The number of nitrogens with one attached hydrogen (secondary N) is 1. The van der Waals surface area contributed by atoms with Crippen LogP contribution in [0.4, 0.5) is 5.13 Å². The quantitative estimate of drug-likeness (QED) is 0.775. The fourth-order valence-corrected chi connectivity index (χ4v) is 2.88. The van der Waals surface area contributed by atoms with Crippen LogP contribution in [0.2, 0.25) is 0 Å². The lowest BCUT2D eigenvalue weighted by Gasteiger charge is -2.18. The highest BCUT2D eigenvalue weighted by molar-refractivity contribution is 7.15. The van der Waals surface area contributed by atoms with Gasteiger partial charge in [0.25, 0.3) is 0 Å². The molecule has 0 aromatic carbocycles. The van der Waals surface area contributed by atoms with E-state index >= 15 is 0 Å². The van der Waals surface area contributed by atoms with E-state index in [4.69, 9.17) is 4.74 Å². The maximum absolute atomic E-state index is 5.20. The SMILES string of the molecule is CCCN(CC)c1nc(COC)c(CNC)s1. The second-order valence-electron chi connectivity index (χ2n) is 3.91. The largest absolute Gasteiger partial charge is 0.378 e. The number of methoxy groups -OCH3 is 1. The molecule has 0 amide bonds. The van der Waals surface area contributed by atoms with E-state index in [0.29, 0.717) is 6.61 Å². The molecule has 0 aliphatic carbocycles. The van der Waals surface area contributed by atoms with E-state index in [0.717, 1.165) is 36.9 Å². The van der Waals surface area contributed by atoms with Crippen molar-refractivity contribution in [1.29, 1.82) is 0 Å². The van der Waals surface area contributed by atoms with E-state index in [9.17, 15) is 0 Å². The Morgan fingerprint density at radius 2 is 2.18 bits per heavy atom. The summed E-state index contributed by atoms with van der Waals surface area (Å²) >= 11 is 1.77. The van der Waals surface area contributed by atoms with Crippen LogP contribution >= 0.6 is 11.3 Å². The second kappa shape index (κ2) is 7.63. The fourth-order valence-electron chi connectivity index (χ4n) is 1.71. The van der Waals surface area contributed by atoms with Gasteiger partial charge in [0.1, 0.15) is 0 Å². The molecule has 1 rings (SSSR count). The van der Waals surface area contributed by atoms with Crippen LogP contribution in [-0.2, 0) is 17.9 Å². The highest BCUT2D eigenvalue weighted by Crippen LogP contribution is 2.27. The van der Waals surface area contributed by atoms with Gasteiger partial charge in [-0.25, -0.2) is 4.98 Å². The molecule has 0 bridgehead atoms. The summed E-state index contributed by atoms with van der Waals surface area (Å²) in [6, 6.07) is 0. The third-order valence-electron chi connectivity index (χ3n) is 2.53. The first-order chi connectivity index (χ1) is 8.26. The molecule has 1 heterocycles. The molecule has 0 atom stereocenters. The molecule has 0 spiro atoms. The lowest BCUT2D eigenvalue weighted by atomic mass is 10.4. The normalized spacial score (nSPS) is 10.8. The zero-order chi connectivity index (χ0) is 12.7. The van der Waals surface area contributed by atoms with Crippen LogP contribution in [0.15, 0.2) is 0 Å². The summed E-state index contributed by atoms with van der Waals surface area (Å²) < 4.78 is 5.20. The Hall–Kier alpha value is -0.650. The Morgan fingerprint density at radius 1 is 1.41 bits per heavy atom. The first-order valence-corrected chi connectivity index (χ1v) is 6.95. The van der Waals surface area contributed by atoms with Gasteiger partial charge in [-0.3, -0.25) is 0 Å². The van der Waals surface area contributed by atoms with Crippen molar-refractivity contribution >= 4 is 16.5 Å². The molecule has 98 valence electrons.